The Morgan fingerprint density at radius 2 is 1.96 bits per heavy atom. The second-order valence-electron chi connectivity index (χ2n) is 5.04. The number of hydrogen-bond donors (Lipinski definition) is 1. The number of ether oxygens (including phenoxy) is 2. The molecule has 0 aliphatic carbocycles. The van der Waals surface area contributed by atoms with Crippen LogP contribution in [0.25, 0.3) is 0 Å². The number of benzene rings is 1. The molecule has 0 saturated heterocycles. The predicted molar refractivity (Wildman–Crippen MR) is 89.9 cm³/mol. The lowest BCUT2D eigenvalue weighted by Gasteiger charge is -2.10. The standard InChI is InChI=1S/C16H20N2O4S/c1-10-14(23-16(20)18(10)2)15(19)17-8-7-11-5-6-12(21-3)13(9-11)22-4/h5-6,9H,7-8H2,1-4H3,(H,17,19). The van der Waals surface area contributed by atoms with Crippen LogP contribution in [-0.4, -0.2) is 31.2 Å². The molecule has 1 N–H and O–H groups in total. The minimum absolute atomic E-state index is 0.132. The van der Waals surface area contributed by atoms with E-state index in [1.54, 1.807) is 28.2 Å². The largest absolute Gasteiger partial charge is 0.493 e. The Morgan fingerprint density at radius 1 is 1.26 bits per heavy atom. The Morgan fingerprint density at radius 3 is 2.52 bits per heavy atom. The molecule has 0 spiro atoms. The fourth-order valence-corrected chi connectivity index (χ4v) is 3.06. The number of rotatable bonds is 6. The monoisotopic (exact) mass is 336 g/mol. The summed E-state index contributed by atoms with van der Waals surface area (Å²) in [4.78, 5) is 24.0. The molecule has 7 heteroatoms. The van der Waals surface area contributed by atoms with Crippen LogP contribution in [0.4, 0.5) is 0 Å². The summed E-state index contributed by atoms with van der Waals surface area (Å²) in [5.74, 6) is 1.11. The number of carbonyl (C=O) groups excluding carboxylic acids is 1. The molecule has 0 bridgehead atoms. The van der Waals surface area contributed by atoms with Gasteiger partial charge in [0.1, 0.15) is 4.88 Å². The van der Waals surface area contributed by atoms with E-state index in [0.717, 1.165) is 16.9 Å². The van der Waals surface area contributed by atoms with E-state index in [1.807, 2.05) is 18.2 Å². The average molecular weight is 336 g/mol. The van der Waals surface area contributed by atoms with Crippen molar-refractivity contribution in [3.63, 3.8) is 0 Å². The molecule has 1 amide bonds. The molecule has 124 valence electrons. The summed E-state index contributed by atoms with van der Waals surface area (Å²) >= 11 is 0.965. The third-order valence-corrected chi connectivity index (χ3v) is 4.78. The van der Waals surface area contributed by atoms with Crippen LogP contribution in [0.1, 0.15) is 20.9 Å². The van der Waals surface area contributed by atoms with E-state index in [-0.39, 0.29) is 10.8 Å². The van der Waals surface area contributed by atoms with Crippen molar-refractivity contribution in [3.8, 4) is 11.5 Å². The lowest BCUT2D eigenvalue weighted by Crippen LogP contribution is -2.25. The highest BCUT2D eigenvalue weighted by Crippen LogP contribution is 2.27. The third kappa shape index (κ3) is 3.73. The van der Waals surface area contributed by atoms with Gasteiger partial charge in [0.05, 0.1) is 14.2 Å². The van der Waals surface area contributed by atoms with Gasteiger partial charge in [0.15, 0.2) is 11.5 Å². The first-order valence-corrected chi connectivity index (χ1v) is 7.95. The molecule has 0 fully saturated rings. The molecule has 0 radical (unpaired) electrons. The smallest absolute Gasteiger partial charge is 0.307 e. The van der Waals surface area contributed by atoms with Gasteiger partial charge in [-0.1, -0.05) is 17.4 Å². The van der Waals surface area contributed by atoms with E-state index in [4.69, 9.17) is 9.47 Å². The van der Waals surface area contributed by atoms with Gasteiger partial charge in [-0.15, -0.1) is 0 Å². The molecule has 0 aliphatic rings. The number of thiazole rings is 1. The maximum absolute atomic E-state index is 12.1. The van der Waals surface area contributed by atoms with Crippen molar-refractivity contribution in [2.75, 3.05) is 20.8 Å². The number of nitrogens with zero attached hydrogens (tertiary/aromatic N) is 1. The zero-order chi connectivity index (χ0) is 17.0. The number of nitrogens with one attached hydrogen (secondary N) is 1. The van der Waals surface area contributed by atoms with Crippen molar-refractivity contribution in [1.82, 2.24) is 9.88 Å². The summed E-state index contributed by atoms with van der Waals surface area (Å²) < 4.78 is 11.9. The van der Waals surface area contributed by atoms with Gasteiger partial charge < -0.3 is 19.4 Å². The molecule has 2 rings (SSSR count). The molecule has 6 nitrogen and oxygen atoms in total. The topological polar surface area (TPSA) is 69.6 Å². The van der Waals surface area contributed by atoms with Crippen LogP contribution < -0.4 is 19.7 Å². The Bertz CT molecular complexity index is 764. The van der Waals surface area contributed by atoms with Gasteiger partial charge in [-0.3, -0.25) is 9.59 Å². The van der Waals surface area contributed by atoms with Crippen LogP contribution in [0.15, 0.2) is 23.0 Å². The van der Waals surface area contributed by atoms with Gasteiger partial charge in [0.25, 0.3) is 5.91 Å². The number of methoxy groups -OCH3 is 2. The van der Waals surface area contributed by atoms with E-state index in [1.165, 1.54) is 4.57 Å². The normalized spacial score (nSPS) is 10.4. The molecular weight excluding hydrogens is 316 g/mol. The van der Waals surface area contributed by atoms with Crippen LogP contribution in [0.5, 0.6) is 11.5 Å². The highest BCUT2D eigenvalue weighted by molar-refractivity contribution is 7.11. The summed E-state index contributed by atoms with van der Waals surface area (Å²) in [6.07, 6.45) is 0.660. The SMILES string of the molecule is COc1ccc(CCNC(=O)c2sc(=O)n(C)c2C)cc1OC. The van der Waals surface area contributed by atoms with Gasteiger partial charge in [0, 0.05) is 19.3 Å². The van der Waals surface area contributed by atoms with Crippen molar-refractivity contribution in [3.05, 3.63) is 44.0 Å². The first-order valence-electron chi connectivity index (χ1n) is 7.13. The van der Waals surface area contributed by atoms with Crippen molar-refractivity contribution in [2.24, 2.45) is 7.05 Å². The van der Waals surface area contributed by atoms with Crippen molar-refractivity contribution >= 4 is 17.2 Å². The molecule has 0 unspecified atom stereocenters. The average Bonchev–Trinajstić information content (AvgIpc) is 2.82. The molecule has 0 saturated carbocycles. The van der Waals surface area contributed by atoms with E-state index in [9.17, 15) is 9.59 Å². The van der Waals surface area contributed by atoms with Gasteiger partial charge in [0.2, 0.25) is 0 Å². The van der Waals surface area contributed by atoms with Gasteiger partial charge in [-0.2, -0.15) is 0 Å². The summed E-state index contributed by atoms with van der Waals surface area (Å²) in [5.41, 5.74) is 1.71. The fraction of sp³-hybridized carbons (Fsp3) is 0.375. The second kappa shape index (κ2) is 7.32. The number of carbonyl (C=O) groups is 1. The highest BCUT2D eigenvalue weighted by atomic mass is 32.1. The van der Waals surface area contributed by atoms with Crippen LogP contribution in [0.2, 0.25) is 0 Å². The molecule has 0 atom stereocenters. The maximum atomic E-state index is 12.1. The highest BCUT2D eigenvalue weighted by Gasteiger charge is 2.15. The minimum Gasteiger partial charge on any atom is -0.493 e. The molecule has 23 heavy (non-hydrogen) atoms. The van der Waals surface area contributed by atoms with Crippen molar-refractivity contribution in [2.45, 2.75) is 13.3 Å². The Balaban J connectivity index is 1.98. The number of aromatic nitrogens is 1. The van der Waals surface area contributed by atoms with E-state index in [2.05, 4.69) is 5.32 Å². The van der Waals surface area contributed by atoms with Crippen molar-refractivity contribution in [1.29, 1.82) is 0 Å². The third-order valence-electron chi connectivity index (χ3n) is 3.65. The second-order valence-corrected chi connectivity index (χ2v) is 6.00. The Labute approximate surface area is 138 Å². The van der Waals surface area contributed by atoms with Gasteiger partial charge in [-0.25, -0.2) is 0 Å². The minimum atomic E-state index is -0.217. The molecule has 2 aromatic rings. The number of amides is 1. The first kappa shape index (κ1) is 17.1. The van der Waals surface area contributed by atoms with E-state index >= 15 is 0 Å². The molecule has 1 heterocycles. The first-order chi connectivity index (χ1) is 11.0. The zero-order valence-electron chi connectivity index (χ0n) is 13.6. The van der Waals surface area contributed by atoms with Gasteiger partial charge >= 0.3 is 4.87 Å². The molecular formula is C16H20N2O4S. The Hall–Kier alpha value is -2.28. The zero-order valence-corrected chi connectivity index (χ0v) is 14.5. The van der Waals surface area contributed by atoms with Gasteiger partial charge in [-0.05, 0) is 31.0 Å². The predicted octanol–water partition coefficient (Wildman–Crippen LogP) is 1.74. The lowest BCUT2D eigenvalue weighted by molar-refractivity contribution is 0.0957. The summed E-state index contributed by atoms with van der Waals surface area (Å²) in [7, 11) is 4.84. The number of hydrogen-bond acceptors (Lipinski definition) is 5. The van der Waals surface area contributed by atoms with Crippen LogP contribution in [0, 0.1) is 6.92 Å². The van der Waals surface area contributed by atoms with Crippen LogP contribution >= 0.6 is 11.3 Å². The van der Waals surface area contributed by atoms with Crippen LogP contribution in [-0.2, 0) is 13.5 Å². The summed E-state index contributed by atoms with van der Waals surface area (Å²) in [6.45, 7) is 2.24. The summed E-state index contributed by atoms with van der Waals surface area (Å²) in [6, 6.07) is 5.65. The maximum Gasteiger partial charge on any atom is 0.307 e. The fourth-order valence-electron chi connectivity index (χ4n) is 2.17. The van der Waals surface area contributed by atoms with Crippen LogP contribution in [0.3, 0.4) is 0 Å². The van der Waals surface area contributed by atoms with E-state index in [0.29, 0.717) is 35.0 Å². The molecule has 1 aromatic heterocycles. The van der Waals surface area contributed by atoms with Crippen molar-refractivity contribution < 1.29 is 14.3 Å². The summed E-state index contributed by atoms with van der Waals surface area (Å²) in [5, 5.41) is 2.84. The van der Waals surface area contributed by atoms with E-state index < -0.39 is 0 Å². The lowest BCUT2D eigenvalue weighted by atomic mass is 10.1. The quantitative estimate of drug-likeness (QED) is 0.872. The molecule has 1 aromatic carbocycles. The Kier molecular flexibility index (Phi) is 5.44. The molecule has 0 aliphatic heterocycles.